The monoisotopic (exact) mass is 473 g/mol. The van der Waals surface area contributed by atoms with E-state index in [1.807, 2.05) is 0 Å². The second-order valence-corrected chi connectivity index (χ2v) is 7.00. The number of carbonyl (C=O) groups excluding carboxylic acids is 2. The van der Waals surface area contributed by atoms with Crippen LogP contribution in [0.25, 0.3) is 0 Å². The summed E-state index contributed by atoms with van der Waals surface area (Å²) in [5.74, 6) is -1.93. The molecule has 0 aliphatic heterocycles. The van der Waals surface area contributed by atoms with Crippen LogP contribution in [-0.4, -0.2) is 35.9 Å². The van der Waals surface area contributed by atoms with Gasteiger partial charge in [-0.05, 0) is 61.1 Å². The lowest BCUT2D eigenvalue weighted by atomic mass is 10.1. The van der Waals surface area contributed by atoms with E-state index in [9.17, 15) is 19.1 Å². The predicted molar refractivity (Wildman–Crippen MR) is 100 cm³/mol. The van der Waals surface area contributed by atoms with E-state index in [-0.39, 0.29) is 19.9 Å². The summed E-state index contributed by atoms with van der Waals surface area (Å²) in [7, 11) is 1.19. The molecular weight excluding hydrogens is 452 g/mol. The molecule has 1 atom stereocenters. The molecule has 0 heterocycles. The fourth-order valence-corrected chi connectivity index (χ4v) is 2.41. The van der Waals surface area contributed by atoms with Gasteiger partial charge in [0.05, 0.1) is 10.7 Å². The molecule has 0 radical (unpaired) electrons. The molecule has 2 N–H and O–H groups in total. The molecule has 1 amide bonds. The van der Waals surface area contributed by atoms with Crippen LogP contribution in [0.1, 0.15) is 26.3 Å². The quantitative estimate of drug-likeness (QED) is 0.519. The fourth-order valence-electron chi connectivity index (χ4n) is 1.76. The zero-order valence-electron chi connectivity index (χ0n) is 13.8. The third kappa shape index (κ3) is 7.12. The van der Waals surface area contributed by atoms with E-state index in [1.54, 1.807) is 43.4 Å². The molecule has 0 fully saturated rings. The van der Waals surface area contributed by atoms with Gasteiger partial charge in [0.1, 0.15) is 11.6 Å². The molecule has 9 heteroatoms. The molecule has 136 valence electrons. The average molecular weight is 473 g/mol. The topological polar surface area (TPSA) is 84.9 Å². The van der Waals surface area contributed by atoms with Crippen LogP contribution in [0.15, 0.2) is 12.1 Å². The Kier molecular flexibility index (Phi) is 8.83. The SMILES string of the molecule is COC(=O)[C@H](Cc1cc(F)c(O)c(I)c1)NC(=O)OC(C)(C)C.S. The molecule has 0 aliphatic rings. The lowest BCUT2D eigenvalue weighted by Crippen LogP contribution is -2.45. The van der Waals surface area contributed by atoms with Crippen molar-refractivity contribution >= 4 is 48.1 Å². The number of hydrogen-bond acceptors (Lipinski definition) is 5. The molecule has 0 spiro atoms. The van der Waals surface area contributed by atoms with Gasteiger partial charge in [-0.2, -0.15) is 13.5 Å². The maximum Gasteiger partial charge on any atom is 0.408 e. The number of rotatable bonds is 4. The highest BCUT2D eigenvalue weighted by Crippen LogP contribution is 2.25. The first-order valence-electron chi connectivity index (χ1n) is 6.77. The summed E-state index contributed by atoms with van der Waals surface area (Å²) < 4.78 is 23.6. The van der Waals surface area contributed by atoms with Gasteiger partial charge in [-0.25, -0.2) is 14.0 Å². The maximum atomic E-state index is 13.6. The Balaban J connectivity index is 0.00000529. The molecule has 0 saturated carbocycles. The molecule has 0 aromatic heterocycles. The van der Waals surface area contributed by atoms with Gasteiger partial charge in [0.15, 0.2) is 11.6 Å². The summed E-state index contributed by atoms with van der Waals surface area (Å²) in [4.78, 5) is 23.6. The number of phenolic OH excluding ortho intramolecular Hbond substituents is 1. The zero-order chi connectivity index (χ0) is 17.8. The molecular formula is C15H21FINO5S. The van der Waals surface area contributed by atoms with E-state index in [2.05, 4.69) is 10.1 Å². The second-order valence-electron chi connectivity index (χ2n) is 5.83. The van der Waals surface area contributed by atoms with Crippen LogP contribution >= 0.6 is 36.1 Å². The number of alkyl carbamates (subject to hydrolysis) is 1. The van der Waals surface area contributed by atoms with Gasteiger partial charge in [-0.15, -0.1) is 0 Å². The van der Waals surface area contributed by atoms with Crippen molar-refractivity contribution in [3.05, 3.63) is 27.1 Å². The first-order valence-corrected chi connectivity index (χ1v) is 7.85. The number of carbonyl (C=O) groups is 2. The molecule has 0 unspecified atom stereocenters. The highest BCUT2D eigenvalue weighted by atomic mass is 127. The Hall–Kier alpha value is -1.23. The Morgan fingerprint density at radius 3 is 2.42 bits per heavy atom. The number of nitrogens with one attached hydrogen (secondary N) is 1. The van der Waals surface area contributed by atoms with Crippen molar-refractivity contribution in [2.24, 2.45) is 0 Å². The Morgan fingerprint density at radius 2 is 1.96 bits per heavy atom. The molecule has 24 heavy (non-hydrogen) atoms. The van der Waals surface area contributed by atoms with Crippen molar-refractivity contribution in [3.8, 4) is 5.75 Å². The molecule has 6 nitrogen and oxygen atoms in total. The third-order valence-corrected chi connectivity index (χ3v) is 3.52. The van der Waals surface area contributed by atoms with Crippen molar-refractivity contribution in [1.29, 1.82) is 0 Å². The zero-order valence-corrected chi connectivity index (χ0v) is 16.9. The van der Waals surface area contributed by atoms with E-state index in [4.69, 9.17) is 4.74 Å². The Morgan fingerprint density at radius 1 is 1.38 bits per heavy atom. The number of ether oxygens (including phenoxy) is 2. The number of phenols is 1. The van der Waals surface area contributed by atoms with E-state index in [0.717, 1.165) is 6.07 Å². The molecule has 0 bridgehead atoms. The van der Waals surface area contributed by atoms with Crippen LogP contribution in [0.3, 0.4) is 0 Å². The highest BCUT2D eigenvalue weighted by Gasteiger charge is 2.26. The van der Waals surface area contributed by atoms with Crippen molar-refractivity contribution in [1.82, 2.24) is 5.32 Å². The smallest absolute Gasteiger partial charge is 0.408 e. The number of halogens is 2. The van der Waals surface area contributed by atoms with E-state index < -0.39 is 35.3 Å². The molecule has 1 rings (SSSR count). The molecule has 1 aromatic rings. The van der Waals surface area contributed by atoms with Crippen molar-refractivity contribution < 1.29 is 28.6 Å². The summed E-state index contributed by atoms with van der Waals surface area (Å²) in [5.41, 5.74) is -0.290. The van der Waals surface area contributed by atoms with Crippen molar-refractivity contribution in [2.75, 3.05) is 7.11 Å². The highest BCUT2D eigenvalue weighted by molar-refractivity contribution is 14.1. The van der Waals surface area contributed by atoms with Crippen molar-refractivity contribution in [3.63, 3.8) is 0 Å². The summed E-state index contributed by atoms with van der Waals surface area (Å²) in [6, 6.07) is 1.59. The van der Waals surface area contributed by atoms with Crippen LogP contribution in [0.2, 0.25) is 0 Å². The summed E-state index contributed by atoms with van der Waals surface area (Å²) in [5, 5.41) is 11.8. The minimum Gasteiger partial charge on any atom is -0.504 e. The van der Waals surface area contributed by atoms with Gasteiger partial charge in [-0.3, -0.25) is 0 Å². The minimum atomic E-state index is -1.03. The third-order valence-electron chi connectivity index (χ3n) is 2.69. The predicted octanol–water partition coefficient (Wildman–Crippen LogP) is 2.86. The standard InChI is InChI=1S/C15H19FINO5.H2S/c1-15(2,3)23-14(21)18-11(13(20)22-4)7-8-5-9(16)12(19)10(17)6-8;/h5-6,11,19H,7H2,1-4H3,(H,18,21);1H2/t11-;/m0./s1. The minimum absolute atomic E-state index is 0. The first-order chi connectivity index (χ1) is 10.5. The van der Waals surface area contributed by atoms with Crippen LogP contribution in [0.5, 0.6) is 5.75 Å². The first kappa shape index (κ1) is 22.8. The van der Waals surface area contributed by atoms with Crippen LogP contribution in [0, 0.1) is 9.39 Å². The van der Waals surface area contributed by atoms with Gasteiger partial charge < -0.3 is 19.9 Å². The number of hydrogen-bond donors (Lipinski definition) is 2. The van der Waals surface area contributed by atoms with Gasteiger partial charge >= 0.3 is 12.1 Å². The van der Waals surface area contributed by atoms with Crippen molar-refractivity contribution in [2.45, 2.75) is 38.8 Å². The normalized spacial score (nSPS) is 11.9. The van der Waals surface area contributed by atoms with Gasteiger partial charge in [0.2, 0.25) is 0 Å². The maximum absolute atomic E-state index is 13.6. The number of benzene rings is 1. The Bertz CT molecular complexity index is 583. The second kappa shape index (κ2) is 9.30. The van der Waals surface area contributed by atoms with Crippen LogP contribution < -0.4 is 5.32 Å². The molecule has 0 saturated heterocycles. The molecule has 1 aromatic carbocycles. The van der Waals surface area contributed by atoms with Crippen LogP contribution in [-0.2, 0) is 20.7 Å². The largest absolute Gasteiger partial charge is 0.504 e. The van der Waals surface area contributed by atoms with Gasteiger partial charge in [-0.1, -0.05) is 0 Å². The average Bonchev–Trinajstić information content (AvgIpc) is 2.41. The molecule has 0 aliphatic carbocycles. The lowest BCUT2D eigenvalue weighted by molar-refractivity contribution is -0.143. The summed E-state index contributed by atoms with van der Waals surface area (Å²) in [6.07, 6.45) is -0.777. The van der Waals surface area contributed by atoms with Gasteiger partial charge in [0, 0.05) is 6.42 Å². The lowest BCUT2D eigenvalue weighted by Gasteiger charge is -2.22. The summed E-state index contributed by atoms with van der Waals surface area (Å²) in [6.45, 7) is 5.08. The number of amides is 1. The number of aromatic hydroxyl groups is 1. The summed E-state index contributed by atoms with van der Waals surface area (Å²) >= 11 is 1.77. The van der Waals surface area contributed by atoms with E-state index >= 15 is 0 Å². The van der Waals surface area contributed by atoms with E-state index in [1.165, 1.54) is 13.2 Å². The van der Waals surface area contributed by atoms with Crippen LogP contribution in [0.4, 0.5) is 9.18 Å². The van der Waals surface area contributed by atoms with E-state index in [0.29, 0.717) is 9.13 Å². The van der Waals surface area contributed by atoms with Gasteiger partial charge in [0.25, 0.3) is 0 Å². The Labute approximate surface area is 160 Å². The number of methoxy groups -OCH3 is 1. The number of esters is 1. The fraction of sp³-hybridized carbons (Fsp3) is 0.467.